The number of anilines is 2. The summed E-state index contributed by atoms with van der Waals surface area (Å²) in [5.74, 6) is 1.54. The quantitative estimate of drug-likeness (QED) is 0.470. The number of fused-ring (bicyclic) bond motifs is 2. The highest BCUT2D eigenvalue weighted by Gasteiger charge is 2.24. The molecular formula is C25H34N8O2. The second kappa shape index (κ2) is 10.2. The molecule has 0 bridgehead atoms. The highest BCUT2D eigenvalue weighted by molar-refractivity contribution is 5.93. The van der Waals surface area contributed by atoms with Crippen molar-refractivity contribution in [1.29, 1.82) is 0 Å². The van der Waals surface area contributed by atoms with Crippen molar-refractivity contribution in [3.8, 4) is 0 Å². The van der Waals surface area contributed by atoms with Gasteiger partial charge in [-0.1, -0.05) is 24.3 Å². The summed E-state index contributed by atoms with van der Waals surface area (Å²) >= 11 is 0. The number of aliphatic hydroxyl groups excluding tert-OH is 1. The van der Waals surface area contributed by atoms with E-state index in [1.165, 1.54) is 11.1 Å². The zero-order chi connectivity index (χ0) is 24.4. The molecule has 2 aliphatic rings. The molecule has 3 aromatic rings. The third-order valence-corrected chi connectivity index (χ3v) is 7.14. The Morgan fingerprint density at radius 2 is 2.00 bits per heavy atom. The molecule has 1 fully saturated rings. The minimum absolute atomic E-state index is 0.126. The summed E-state index contributed by atoms with van der Waals surface area (Å²) in [5.41, 5.74) is 4.24. The molecule has 35 heavy (non-hydrogen) atoms. The number of aliphatic hydroxyl groups is 1. The first-order chi connectivity index (χ1) is 17.0. The molecule has 1 saturated heterocycles. The number of likely N-dealkylation sites (tertiary alicyclic amines) is 1. The third-order valence-electron chi connectivity index (χ3n) is 7.14. The molecule has 4 heterocycles. The van der Waals surface area contributed by atoms with E-state index in [-0.39, 0.29) is 11.9 Å². The van der Waals surface area contributed by atoms with Crippen LogP contribution in [0.25, 0.3) is 11.0 Å². The molecule has 3 N–H and O–H groups in total. The summed E-state index contributed by atoms with van der Waals surface area (Å²) in [6.07, 6.45) is 3.80. The van der Waals surface area contributed by atoms with Crippen LogP contribution >= 0.6 is 0 Å². The van der Waals surface area contributed by atoms with Gasteiger partial charge < -0.3 is 20.2 Å². The summed E-state index contributed by atoms with van der Waals surface area (Å²) < 4.78 is 0. The molecule has 0 spiro atoms. The summed E-state index contributed by atoms with van der Waals surface area (Å²) in [5, 5.41) is 21.9. The fourth-order valence-electron chi connectivity index (χ4n) is 5.20. The predicted molar refractivity (Wildman–Crippen MR) is 135 cm³/mol. The van der Waals surface area contributed by atoms with Gasteiger partial charge in [-0.2, -0.15) is 5.10 Å². The first kappa shape index (κ1) is 23.5. The lowest BCUT2D eigenvalue weighted by molar-refractivity contribution is -0.129. The number of nitrogens with one attached hydrogen (secondary N) is 2. The Labute approximate surface area is 205 Å². The number of carbonyl (C=O) groups is 1. The van der Waals surface area contributed by atoms with Crippen LogP contribution in [0, 0.1) is 0 Å². The summed E-state index contributed by atoms with van der Waals surface area (Å²) in [4.78, 5) is 26.6. The van der Waals surface area contributed by atoms with Crippen molar-refractivity contribution >= 4 is 28.6 Å². The number of hydrogen-bond donors (Lipinski definition) is 3. The Balaban J connectivity index is 1.20. The number of piperidine rings is 1. The monoisotopic (exact) mass is 478 g/mol. The molecule has 0 aliphatic carbocycles. The van der Waals surface area contributed by atoms with Crippen molar-refractivity contribution in [2.75, 3.05) is 50.0 Å². The maximum Gasteiger partial charge on any atom is 0.219 e. The Morgan fingerprint density at radius 3 is 2.77 bits per heavy atom. The number of benzene rings is 1. The molecule has 10 heteroatoms. The third kappa shape index (κ3) is 5.23. The second-order valence-electron chi connectivity index (χ2n) is 9.71. The standard InChI is InChI=1S/C25H34N8O2/c1-17(34)33-11-8-20(9-12-33)28-24-22-23(26-16-27-24)25(30-29-22)31(2)14-21(35)15-32-10-7-18-5-3-4-6-19(18)13-32/h3-6,16,20-21,35H,7-15H2,1-2H3,(H,29,30)(H,26,27,28)/t21-/m0/s1. The number of aromatic nitrogens is 4. The Morgan fingerprint density at radius 1 is 1.23 bits per heavy atom. The molecular weight excluding hydrogens is 444 g/mol. The molecule has 5 rings (SSSR count). The lowest BCUT2D eigenvalue weighted by Crippen LogP contribution is -2.41. The summed E-state index contributed by atoms with van der Waals surface area (Å²) in [6, 6.07) is 8.78. The molecule has 10 nitrogen and oxygen atoms in total. The van der Waals surface area contributed by atoms with Gasteiger partial charge in [0.1, 0.15) is 17.4 Å². The maximum atomic E-state index is 11.6. The zero-order valence-electron chi connectivity index (χ0n) is 20.4. The Bertz CT molecular complexity index is 1170. The molecule has 0 unspecified atom stereocenters. The number of rotatable bonds is 7. The van der Waals surface area contributed by atoms with Crippen LogP contribution in [0.3, 0.4) is 0 Å². The molecule has 186 valence electrons. The number of nitrogens with zero attached hydrogens (tertiary/aromatic N) is 6. The van der Waals surface area contributed by atoms with Crippen molar-refractivity contribution < 1.29 is 9.90 Å². The normalized spacial score (nSPS) is 17.9. The highest BCUT2D eigenvalue weighted by Crippen LogP contribution is 2.27. The van der Waals surface area contributed by atoms with Gasteiger partial charge in [0.15, 0.2) is 11.6 Å². The Kier molecular flexibility index (Phi) is 6.83. The van der Waals surface area contributed by atoms with E-state index in [0.29, 0.717) is 18.9 Å². The molecule has 1 amide bonds. The number of hydrogen-bond acceptors (Lipinski definition) is 8. The van der Waals surface area contributed by atoms with Gasteiger partial charge in [-0.3, -0.25) is 14.8 Å². The highest BCUT2D eigenvalue weighted by atomic mass is 16.3. The van der Waals surface area contributed by atoms with Crippen molar-refractivity contribution in [1.82, 2.24) is 30.0 Å². The van der Waals surface area contributed by atoms with Gasteiger partial charge in [0, 0.05) is 59.3 Å². The summed E-state index contributed by atoms with van der Waals surface area (Å²) in [6.45, 7) is 6.01. The molecule has 2 aromatic heterocycles. The van der Waals surface area contributed by atoms with E-state index < -0.39 is 6.10 Å². The Hall–Kier alpha value is -3.24. The average Bonchev–Trinajstić information content (AvgIpc) is 3.30. The molecule has 1 aromatic carbocycles. The average molecular weight is 479 g/mol. The number of β-amino-alcohol motifs (C(OH)–C–C–N with tert-alkyl or cyclic N) is 1. The SMILES string of the molecule is CC(=O)N1CCC(Nc2ncnc3c(N(C)C[C@H](O)CN4CCc5ccccc5C4)n[nH]c23)CC1. The fourth-order valence-corrected chi connectivity index (χ4v) is 5.20. The van der Waals surface area contributed by atoms with Gasteiger partial charge in [0.25, 0.3) is 0 Å². The van der Waals surface area contributed by atoms with Crippen LogP contribution in [0.15, 0.2) is 30.6 Å². The maximum absolute atomic E-state index is 11.6. The van der Waals surface area contributed by atoms with Gasteiger partial charge in [-0.25, -0.2) is 9.97 Å². The summed E-state index contributed by atoms with van der Waals surface area (Å²) in [7, 11) is 1.93. The molecule has 2 aliphatic heterocycles. The van der Waals surface area contributed by atoms with Crippen LogP contribution in [-0.4, -0.2) is 92.9 Å². The van der Waals surface area contributed by atoms with Gasteiger partial charge in [0.05, 0.1) is 6.10 Å². The fraction of sp³-hybridized carbons (Fsp3) is 0.520. The van der Waals surface area contributed by atoms with Crippen LogP contribution in [0.5, 0.6) is 0 Å². The van der Waals surface area contributed by atoms with E-state index in [1.807, 2.05) is 16.8 Å². The van der Waals surface area contributed by atoms with Gasteiger partial charge in [-0.05, 0) is 30.4 Å². The van der Waals surface area contributed by atoms with Crippen molar-refractivity contribution in [2.45, 2.75) is 44.9 Å². The topological polar surface area (TPSA) is 114 Å². The largest absolute Gasteiger partial charge is 0.390 e. The van der Waals surface area contributed by atoms with Crippen LogP contribution in [0.4, 0.5) is 11.6 Å². The van der Waals surface area contributed by atoms with Crippen LogP contribution in [0.1, 0.15) is 30.9 Å². The van der Waals surface area contributed by atoms with E-state index in [9.17, 15) is 9.90 Å². The number of H-pyrrole nitrogens is 1. The zero-order valence-corrected chi connectivity index (χ0v) is 20.4. The predicted octanol–water partition coefficient (Wildman–Crippen LogP) is 1.63. The van der Waals surface area contributed by atoms with Gasteiger partial charge in [-0.15, -0.1) is 0 Å². The smallest absolute Gasteiger partial charge is 0.219 e. The van der Waals surface area contributed by atoms with E-state index in [1.54, 1.807) is 13.3 Å². The van der Waals surface area contributed by atoms with E-state index in [2.05, 4.69) is 54.6 Å². The van der Waals surface area contributed by atoms with Crippen molar-refractivity contribution in [3.63, 3.8) is 0 Å². The number of amides is 1. The lowest BCUT2D eigenvalue weighted by atomic mass is 10.00. The number of aromatic amines is 1. The molecule has 1 atom stereocenters. The van der Waals surface area contributed by atoms with E-state index >= 15 is 0 Å². The van der Waals surface area contributed by atoms with Crippen LogP contribution < -0.4 is 10.2 Å². The van der Waals surface area contributed by atoms with Crippen molar-refractivity contribution in [3.05, 3.63) is 41.7 Å². The number of likely N-dealkylation sites (N-methyl/N-ethyl adjacent to an activating group) is 1. The first-order valence-corrected chi connectivity index (χ1v) is 12.4. The lowest BCUT2D eigenvalue weighted by Gasteiger charge is -2.32. The minimum Gasteiger partial charge on any atom is -0.390 e. The molecule has 0 saturated carbocycles. The van der Waals surface area contributed by atoms with E-state index in [4.69, 9.17) is 0 Å². The van der Waals surface area contributed by atoms with Gasteiger partial charge in [0.2, 0.25) is 5.91 Å². The minimum atomic E-state index is -0.511. The van der Waals surface area contributed by atoms with Crippen LogP contribution in [-0.2, 0) is 17.8 Å². The van der Waals surface area contributed by atoms with E-state index in [0.717, 1.165) is 62.3 Å². The first-order valence-electron chi connectivity index (χ1n) is 12.4. The van der Waals surface area contributed by atoms with Crippen molar-refractivity contribution in [2.24, 2.45) is 0 Å². The van der Waals surface area contributed by atoms with Gasteiger partial charge >= 0.3 is 0 Å². The number of carbonyl (C=O) groups excluding carboxylic acids is 1. The van der Waals surface area contributed by atoms with Crippen LogP contribution in [0.2, 0.25) is 0 Å². The molecule has 0 radical (unpaired) electrons. The second-order valence-corrected chi connectivity index (χ2v) is 9.71.